The third kappa shape index (κ3) is 3.46. The van der Waals surface area contributed by atoms with Crippen molar-refractivity contribution in [2.45, 2.75) is 39.2 Å². The van der Waals surface area contributed by atoms with E-state index < -0.39 is 0 Å². The van der Waals surface area contributed by atoms with Gasteiger partial charge in [0.05, 0.1) is 12.1 Å². The van der Waals surface area contributed by atoms with Gasteiger partial charge < -0.3 is 21.5 Å². The van der Waals surface area contributed by atoms with Gasteiger partial charge in [0, 0.05) is 12.6 Å². The number of aromatic nitrogens is 2. The van der Waals surface area contributed by atoms with Gasteiger partial charge in [-0.25, -0.2) is 0 Å². The van der Waals surface area contributed by atoms with Crippen LogP contribution in [0.25, 0.3) is 0 Å². The van der Waals surface area contributed by atoms with E-state index in [9.17, 15) is 5.11 Å². The summed E-state index contributed by atoms with van der Waals surface area (Å²) >= 11 is 0. The molecule has 1 heterocycles. The molecule has 0 aliphatic rings. The second-order valence-electron chi connectivity index (χ2n) is 4.30. The first-order valence-electron chi connectivity index (χ1n) is 6.36. The van der Waals surface area contributed by atoms with E-state index >= 15 is 0 Å². The summed E-state index contributed by atoms with van der Waals surface area (Å²) < 4.78 is 0. The van der Waals surface area contributed by atoms with E-state index in [4.69, 9.17) is 5.73 Å². The zero-order valence-corrected chi connectivity index (χ0v) is 11.3. The molecule has 0 saturated heterocycles. The summed E-state index contributed by atoms with van der Waals surface area (Å²) in [6, 6.07) is 1.80. The number of nitrogens with one attached hydrogen (secondary N) is 2. The van der Waals surface area contributed by atoms with Crippen LogP contribution in [0.3, 0.4) is 0 Å². The number of nitrogens with zero attached hydrogens (tertiary/aromatic N) is 2. The van der Waals surface area contributed by atoms with Gasteiger partial charge in [0.15, 0.2) is 0 Å². The lowest BCUT2D eigenvalue weighted by molar-refractivity contribution is 0.202. The van der Waals surface area contributed by atoms with Gasteiger partial charge >= 0.3 is 0 Å². The number of aliphatic hydroxyl groups excluding tert-OH is 1. The van der Waals surface area contributed by atoms with Gasteiger partial charge in [-0.15, -0.1) is 0 Å². The largest absolute Gasteiger partial charge is 0.394 e. The number of aliphatic hydroxyl groups is 1. The monoisotopic (exact) mass is 253 g/mol. The van der Waals surface area contributed by atoms with E-state index in [-0.39, 0.29) is 18.1 Å². The molecule has 0 aliphatic carbocycles. The summed E-state index contributed by atoms with van der Waals surface area (Å²) in [5, 5.41) is 15.9. The van der Waals surface area contributed by atoms with Gasteiger partial charge in [0.2, 0.25) is 5.95 Å². The molecule has 0 spiro atoms. The SMILES string of the molecule is CCNc1cc(NC(CC)(CC)CO)nc(N)n1. The normalized spacial score (nSPS) is 11.3. The van der Waals surface area contributed by atoms with Crippen LogP contribution in [0.15, 0.2) is 6.07 Å². The zero-order valence-electron chi connectivity index (χ0n) is 11.3. The fraction of sp³-hybridized carbons (Fsp3) is 0.667. The zero-order chi connectivity index (χ0) is 13.6. The Hall–Kier alpha value is -1.56. The second-order valence-corrected chi connectivity index (χ2v) is 4.30. The van der Waals surface area contributed by atoms with Crippen molar-refractivity contribution in [1.29, 1.82) is 0 Å². The van der Waals surface area contributed by atoms with Crippen molar-refractivity contribution >= 4 is 17.6 Å². The molecule has 0 unspecified atom stereocenters. The molecule has 102 valence electrons. The highest BCUT2D eigenvalue weighted by molar-refractivity contribution is 5.52. The van der Waals surface area contributed by atoms with Crippen LogP contribution in [-0.4, -0.2) is 33.8 Å². The first kappa shape index (κ1) is 14.5. The Morgan fingerprint density at radius 1 is 1.22 bits per heavy atom. The lowest BCUT2D eigenvalue weighted by Crippen LogP contribution is -2.41. The maximum absolute atomic E-state index is 9.53. The van der Waals surface area contributed by atoms with Crippen LogP contribution in [0.5, 0.6) is 0 Å². The fourth-order valence-corrected chi connectivity index (χ4v) is 1.76. The molecule has 0 aromatic carbocycles. The molecule has 0 saturated carbocycles. The number of hydrogen-bond donors (Lipinski definition) is 4. The van der Waals surface area contributed by atoms with Crippen molar-refractivity contribution in [3.63, 3.8) is 0 Å². The van der Waals surface area contributed by atoms with E-state index in [1.165, 1.54) is 0 Å². The van der Waals surface area contributed by atoms with E-state index in [1.807, 2.05) is 20.8 Å². The minimum atomic E-state index is -0.357. The van der Waals surface area contributed by atoms with Crippen molar-refractivity contribution < 1.29 is 5.11 Å². The van der Waals surface area contributed by atoms with E-state index in [0.29, 0.717) is 11.6 Å². The van der Waals surface area contributed by atoms with Crippen LogP contribution in [-0.2, 0) is 0 Å². The third-order valence-electron chi connectivity index (χ3n) is 3.15. The Morgan fingerprint density at radius 3 is 2.33 bits per heavy atom. The average Bonchev–Trinajstić information content (AvgIpc) is 2.36. The fourth-order valence-electron chi connectivity index (χ4n) is 1.76. The summed E-state index contributed by atoms with van der Waals surface area (Å²) in [5.74, 6) is 1.54. The molecule has 0 amide bonds. The summed E-state index contributed by atoms with van der Waals surface area (Å²) in [6.07, 6.45) is 1.61. The van der Waals surface area contributed by atoms with Gasteiger partial charge in [0.25, 0.3) is 0 Å². The molecule has 18 heavy (non-hydrogen) atoms. The Balaban J connectivity index is 2.95. The van der Waals surface area contributed by atoms with Gasteiger partial charge in [-0.05, 0) is 19.8 Å². The summed E-state index contributed by atoms with van der Waals surface area (Å²) in [7, 11) is 0. The molecule has 0 atom stereocenters. The van der Waals surface area contributed by atoms with Gasteiger partial charge in [-0.1, -0.05) is 13.8 Å². The average molecular weight is 253 g/mol. The Bertz CT molecular complexity index is 370. The predicted molar refractivity (Wildman–Crippen MR) is 74.6 cm³/mol. The van der Waals surface area contributed by atoms with Crippen LogP contribution in [0.1, 0.15) is 33.6 Å². The van der Waals surface area contributed by atoms with Crippen LogP contribution < -0.4 is 16.4 Å². The number of anilines is 3. The van der Waals surface area contributed by atoms with Gasteiger partial charge in [-0.2, -0.15) is 9.97 Å². The van der Waals surface area contributed by atoms with Crippen molar-refractivity contribution in [3.05, 3.63) is 6.07 Å². The van der Waals surface area contributed by atoms with Crippen molar-refractivity contribution in [3.8, 4) is 0 Å². The minimum Gasteiger partial charge on any atom is -0.394 e. The molecule has 1 aromatic heterocycles. The van der Waals surface area contributed by atoms with Crippen LogP contribution in [0, 0.1) is 0 Å². The molecule has 0 aliphatic heterocycles. The third-order valence-corrected chi connectivity index (χ3v) is 3.15. The number of rotatable bonds is 7. The Labute approximate surface area is 108 Å². The maximum Gasteiger partial charge on any atom is 0.223 e. The second kappa shape index (κ2) is 6.39. The lowest BCUT2D eigenvalue weighted by Gasteiger charge is -2.31. The standard InChI is InChI=1S/C12H23N5O/c1-4-12(5-2,8-18)17-10-7-9(14-6-3)15-11(13)16-10/h7,18H,4-6,8H2,1-3H3,(H4,13,14,15,16,17). The molecule has 1 rings (SSSR count). The van der Waals surface area contributed by atoms with Crippen LogP contribution >= 0.6 is 0 Å². The van der Waals surface area contributed by atoms with Crippen molar-refractivity contribution in [2.24, 2.45) is 0 Å². The smallest absolute Gasteiger partial charge is 0.223 e. The summed E-state index contributed by atoms with van der Waals surface area (Å²) in [6.45, 7) is 6.87. The molecule has 1 aromatic rings. The topological polar surface area (TPSA) is 96.1 Å². The molecule has 0 radical (unpaired) electrons. The van der Waals surface area contributed by atoms with E-state index in [0.717, 1.165) is 19.4 Å². The Kier molecular flexibility index (Phi) is 5.15. The number of hydrogen-bond acceptors (Lipinski definition) is 6. The highest BCUT2D eigenvalue weighted by atomic mass is 16.3. The first-order chi connectivity index (χ1) is 8.59. The molecule has 6 heteroatoms. The highest BCUT2D eigenvalue weighted by Gasteiger charge is 2.25. The van der Waals surface area contributed by atoms with Gasteiger partial charge in [0.1, 0.15) is 11.6 Å². The Morgan fingerprint density at radius 2 is 1.83 bits per heavy atom. The molecular formula is C12H23N5O. The van der Waals surface area contributed by atoms with Crippen LogP contribution in [0.4, 0.5) is 17.6 Å². The maximum atomic E-state index is 9.53. The highest BCUT2D eigenvalue weighted by Crippen LogP contribution is 2.22. The predicted octanol–water partition coefficient (Wildman–Crippen LogP) is 1.45. The van der Waals surface area contributed by atoms with Gasteiger partial charge in [-0.3, -0.25) is 0 Å². The molecule has 0 fully saturated rings. The molecule has 0 bridgehead atoms. The quantitative estimate of drug-likeness (QED) is 0.587. The number of nitrogen functional groups attached to an aromatic ring is 1. The van der Waals surface area contributed by atoms with Crippen molar-refractivity contribution in [2.75, 3.05) is 29.5 Å². The summed E-state index contributed by atoms with van der Waals surface area (Å²) in [5.41, 5.74) is 5.31. The minimum absolute atomic E-state index is 0.0560. The van der Waals surface area contributed by atoms with Crippen LogP contribution in [0.2, 0.25) is 0 Å². The molecular weight excluding hydrogens is 230 g/mol. The summed E-state index contributed by atoms with van der Waals surface area (Å²) in [4.78, 5) is 8.23. The number of nitrogens with two attached hydrogens (primary N) is 1. The van der Waals surface area contributed by atoms with E-state index in [2.05, 4.69) is 20.6 Å². The van der Waals surface area contributed by atoms with E-state index in [1.54, 1.807) is 6.07 Å². The lowest BCUT2D eigenvalue weighted by atomic mass is 9.94. The molecule has 5 N–H and O–H groups in total. The first-order valence-corrected chi connectivity index (χ1v) is 6.36. The van der Waals surface area contributed by atoms with Crippen molar-refractivity contribution in [1.82, 2.24) is 9.97 Å². The molecule has 6 nitrogen and oxygen atoms in total.